The van der Waals surface area contributed by atoms with Gasteiger partial charge in [-0.25, -0.2) is 0 Å². The van der Waals surface area contributed by atoms with Crippen LogP contribution >= 0.6 is 0 Å². The summed E-state index contributed by atoms with van der Waals surface area (Å²) >= 11 is 0. The van der Waals surface area contributed by atoms with Crippen LogP contribution in [0.2, 0.25) is 0 Å². The third-order valence-corrected chi connectivity index (χ3v) is 10.9. The molecular formula is C51H62O2. The van der Waals surface area contributed by atoms with E-state index >= 15 is 0 Å². The zero-order valence-electron chi connectivity index (χ0n) is 33.0. The summed E-state index contributed by atoms with van der Waals surface area (Å²) in [6, 6.07) is 33.9. The monoisotopic (exact) mass is 706 g/mol. The van der Waals surface area contributed by atoms with Gasteiger partial charge in [0.25, 0.3) is 0 Å². The van der Waals surface area contributed by atoms with Crippen molar-refractivity contribution < 1.29 is 9.47 Å². The molecule has 53 heavy (non-hydrogen) atoms. The Bertz CT molecular complexity index is 1730. The SMILES string of the molecule is CCCOc1ccc(-c2ccc(C#C[C@H]3CC[C@H](CC)CC3)cc2)cc1.CCCOc1ccc(-c2ccc(C#C[C@H]3CC[C@H](CCC)CC3)cc2)cc1. The molecule has 2 heteroatoms. The zero-order valence-corrected chi connectivity index (χ0v) is 33.0. The highest BCUT2D eigenvalue weighted by molar-refractivity contribution is 5.66. The Morgan fingerprint density at radius 2 is 0.792 bits per heavy atom. The van der Waals surface area contributed by atoms with Crippen molar-refractivity contribution >= 4 is 0 Å². The summed E-state index contributed by atoms with van der Waals surface area (Å²) in [7, 11) is 0. The number of rotatable bonds is 11. The van der Waals surface area contributed by atoms with Gasteiger partial charge in [-0.3, -0.25) is 0 Å². The Kier molecular flexibility index (Phi) is 16.5. The Morgan fingerprint density at radius 1 is 0.434 bits per heavy atom. The van der Waals surface area contributed by atoms with Crippen LogP contribution in [-0.4, -0.2) is 13.2 Å². The van der Waals surface area contributed by atoms with E-state index < -0.39 is 0 Å². The van der Waals surface area contributed by atoms with Crippen molar-refractivity contribution in [2.75, 3.05) is 13.2 Å². The summed E-state index contributed by atoms with van der Waals surface area (Å²) in [5.41, 5.74) is 7.12. The van der Waals surface area contributed by atoms with Crippen LogP contribution < -0.4 is 9.47 Å². The van der Waals surface area contributed by atoms with Gasteiger partial charge in [0.2, 0.25) is 0 Å². The number of hydrogen-bond donors (Lipinski definition) is 0. The summed E-state index contributed by atoms with van der Waals surface area (Å²) in [5, 5.41) is 0. The van der Waals surface area contributed by atoms with E-state index in [9.17, 15) is 0 Å². The molecule has 4 aromatic carbocycles. The van der Waals surface area contributed by atoms with Crippen molar-refractivity contribution in [2.45, 2.75) is 111 Å². The van der Waals surface area contributed by atoms with E-state index in [2.05, 4.69) is 124 Å². The highest BCUT2D eigenvalue weighted by atomic mass is 16.5. The zero-order chi connectivity index (χ0) is 37.1. The van der Waals surface area contributed by atoms with Crippen LogP contribution in [0.1, 0.15) is 122 Å². The second-order valence-corrected chi connectivity index (χ2v) is 15.1. The van der Waals surface area contributed by atoms with Gasteiger partial charge in [0.05, 0.1) is 13.2 Å². The fourth-order valence-electron chi connectivity index (χ4n) is 7.51. The van der Waals surface area contributed by atoms with Crippen LogP contribution in [0.15, 0.2) is 97.1 Å². The van der Waals surface area contributed by atoms with Gasteiger partial charge in [-0.2, -0.15) is 0 Å². The summed E-state index contributed by atoms with van der Waals surface area (Å²) in [4.78, 5) is 0. The van der Waals surface area contributed by atoms with E-state index in [0.29, 0.717) is 11.8 Å². The lowest BCUT2D eigenvalue weighted by Gasteiger charge is -2.25. The summed E-state index contributed by atoms with van der Waals surface area (Å²) in [6.45, 7) is 10.4. The van der Waals surface area contributed by atoms with Crippen molar-refractivity contribution in [1.82, 2.24) is 0 Å². The maximum absolute atomic E-state index is 5.66. The standard InChI is InChI=1S/C26H32O.C25H30O/c1-3-5-21-6-8-22(9-7-21)10-11-23-12-14-24(15-13-23)25-16-18-26(19-17-25)27-20-4-2;1-3-19-26-25-17-15-24(16-18-25)23-13-11-22(12-14-23)10-9-21-7-5-20(4-2)6-8-21/h12-19,21-22H,3-9,20H2,1-2H3;11-18,20-21H,3-8,19H2,1-2H3/t21-,22-;20-,21-. The average Bonchev–Trinajstić information content (AvgIpc) is 3.22. The van der Waals surface area contributed by atoms with Gasteiger partial charge in [0, 0.05) is 23.0 Å². The molecule has 2 aliphatic carbocycles. The molecule has 0 heterocycles. The summed E-state index contributed by atoms with van der Waals surface area (Å²) in [5.74, 6) is 18.8. The molecule has 0 aliphatic heterocycles. The number of benzene rings is 4. The fourth-order valence-corrected chi connectivity index (χ4v) is 7.51. The van der Waals surface area contributed by atoms with E-state index in [1.54, 1.807) is 0 Å². The molecule has 0 N–H and O–H groups in total. The van der Waals surface area contributed by atoms with E-state index in [4.69, 9.17) is 9.47 Å². The van der Waals surface area contributed by atoms with E-state index in [1.807, 2.05) is 24.3 Å². The van der Waals surface area contributed by atoms with Gasteiger partial charge in [0.1, 0.15) is 11.5 Å². The lowest BCUT2D eigenvalue weighted by atomic mass is 9.80. The average molecular weight is 707 g/mol. The number of hydrogen-bond acceptors (Lipinski definition) is 2. The third kappa shape index (κ3) is 13.2. The predicted molar refractivity (Wildman–Crippen MR) is 225 cm³/mol. The molecule has 4 aromatic rings. The predicted octanol–water partition coefficient (Wildman–Crippen LogP) is 13.8. The molecule has 0 aromatic heterocycles. The second-order valence-electron chi connectivity index (χ2n) is 15.1. The molecule has 0 atom stereocenters. The van der Waals surface area contributed by atoms with Crippen molar-refractivity contribution in [3.8, 4) is 57.4 Å². The minimum absolute atomic E-state index is 0.591. The molecular weight excluding hydrogens is 645 g/mol. The smallest absolute Gasteiger partial charge is 0.119 e. The molecule has 0 spiro atoms. The van der Waals surface area contributed by atoms with Crippen LogP contribution in [0.25, 0.3) is 22.3 Å². The van der Waals surface area contributed by atoms with Crippen molar-refractivity contribution in [2.24, 2.45) is 23.7 Å². The molecule has 6 rings (SSSR count). The van der Waals surface area contributed by atoms with Crippen LogP contribution in [0.4, 0.5) is 0 Å². The van der Waals surface area contributed by atoms with Crippen LogP contribution in [0, 0.1) is 47.4 Å². The second kappa shape index (κ2) is 22.0. The Labute approximate surface area is 322 Å². The Morgan fingerprint density at radius 3 is 1.13 bits per heavy atom. The van der Waals surface area contributed by atoms with Crippen molar-refractivity contribution in [3.63, 3.8) is 0 Å². The first kappa shape index (κ1) is 39.8. The lowest BCUT2D eigenvalue weighted by molar-refractivity contribution is 0.300. The largest absolute Gasteiger partial charge is 0.494 e. The van der Waals surface area contributed by atoms with Crippen LogP contribution in [0.3, 0.4) is 0 Å². The quantitative estimate of drug-likeness (QED) is 0.145. The van der Waals surface area contributed by atoms with Crippen molar-refractivity contribution in [1.29, 1.82) is 0 Å². The molecule has 0 saturated heterocycles. The molecule has 2 nitrogen and oxygen atoms in total. The van der Waals surface area contributed by atoms with Crippen LogP contribution in [0.5, 0.6) is 11.5 Å². The highest BCUT2D eigenvalue weighted by Gasteiger charge is 2.19. The van der Waals surface area contributed by atoms with Crippen LogP contribution in [-0.2, 0) is 0 Å². The minimum Gasteiger partial charge on any atom is -0.494 e. The van der Waals surface area contributed by atoms with E-state index in [-0.39, 0.29) is 0 Å². The van der Waals surface area contributed by atoms with E-state index in [1.165, 1.54) is 92.9 Å². The maximum atomic E-state index is 5.66. The van der Waals surface area contributed by atoms with Gasteiger partial charge in [-0.05, 0) is 147 Å². The Balaban J connectivity index is 0.000000204. The molecule has 0 bridgehead atoms. The van der Waals surface area contributed by atoms with E-state index in [0.717, 1.165) is 60.5 Å². The first-order valence-electron chi connectivity index (χ1n) is 20.8. The maximum Gasteiger partial charge on any atom is 0.119 e. The summed E-state index contributed by atoms with van der Waals surface area (Å²) in [6.07, 6.45) is 16.7. The molecule has 2 aliphatic rings. The molecule has 0 unspecified atom stereocenters. The van der Waals surface area contributed by atoms with Gasteiger partial charge in [-0.15, -0.1) is 0 Å². The van der Waals surface area contributed by atoms with Gasteiger partial charge in [0.15, 0.2) is 0 Å². The molecule has 2 fully saturated rings. The molecule has 0 amide bonds. The topological polar surface area (TPSA) is 18.5 Å². The van der Waals surface area contributed by atoms with Gasteiger partial charge >= 0.3 is 0 Å². The number of ether oxygens (including phenoxy) is 2. The lowest BCUT2D eigenvalue weighted by Crippen LogP contribution is -2.13. The van der Waals surface area contributed by atoms with Crippen molar-refractivity contribution in [3.05, 3.63) is 108 Å². The normalized spacial score (nSPS) is 19.3. The molecule has 278 valence electrons. The molecule has 0 radical (unpaired) electrons. The Hall–Kier alpha value is -4.40. The van der Waals surface area contributed by atoms with Gasteiger partial charge < -0.3 is 9.47 Å². The highest BCUT2D eigenvalue weighted by Crippen LogP contribution is 2.32. The first-order valence-corrected chi connectivity index (χ1v) is 20.8. The summed E-state index contributed by atoms with van der Waals surface area (Å²) < 4.78 is 11.3. The molecule has 2 saturated carbocycles. The first-order chi connectivity index (χ1) is 26.1. The third-order valence-electron chi connectivity index (χ3n) is 10.9. The van der Waals surface area contributed by atoms with Gasteiger partial charge in [-0.1, -0.05) is 119 Å². The minimum atomic E-state index is 0.591. The fraction of sp³-hybridized carbons (Fsp3) is 0.451.